The van der Waals surface area contributed by atoms with Crippen LogP contribution in [0.25, 0.3) is 0 Å². The molecule has 9 heteroatoms. The van der Waals surface area contributed by atoms with Gasteiger partial charge in [-0.25, -0.2) is 0 Å². The standard InChI is InChI=1S/C78H139NO8/c1-6-8-10-12-14-16-18-20-22-24-26-28-30-32-34-36-38-40-42-44-46-48-50-52-54-56-58-60-62-64-66-68-75(80)85-72-74(73-86-78(77(82)83)84-71-70-79(3,4)5)87-76(81)69-67-65-63-61-59-57-55-53-51-49-47-45-43-41-39-37-35-33-31-29-27-25-23-21-19-17-15-13-11-9-7-2/h9,11,15,17-18,20-21,23-24,26-27,29-30,32,74,78H,6-8,10,12-14,16,19,22,25,28,31,33-73H2,1-5H3/b11-9-,17-15-,20-18-,23-21-,26-24-,29-27-,32-30-. The lowest BCUT2D eigenvalue weighted by Crippen LogP contribution is -2.44. The van der Waals surface area contributed by atoms with Crippen LogP contribution in [0.2, 0.25) is 0 Å². The number of ether oxygens (including phenoxy) is 4. The quantitative estimate of drug-likeness (QED) is 0.0195. The fraction of sp³-hybridized carbons (Fsp3) is 0.782. The largest absolute Gasteiger partial charge is 0.545 e. The highest BCUT2D eigenvalue weighted by atomic mass is 16.7. The Morgan fingerprint density at radius 3 is 0.977 bits per heavy atom. The smallest absolute Gasteiger partial charge is 0.306 e. The number of likely N-dealkylation sites (N-methyl/N-ethyl adjacent to an activating group) is 1. The minimum Gasteiger partial charge on any atom is -0.545 e. The normalized spacial score (nSPS) is 13.2. The summed E-state index contributed by atoms with van der Waals surface area (Å²) in [7, 11) is 5.94. The van der Waals surface area contributed by atoms with Crippen LogP contribution in [0.3, 0.4) is 0 Å². The average molecular weight is 1220 g/mol. The summed E-state index contributed by atoms with van der Waals surface area (Å²) in [5, 5.41) is 11.8. The van der Waals surface area contributed by atoms with E-state index in [1.807, 2.05) is 21.1 Å². The minimum absolute atomic E-state index is 0.147. The first-order chi connectivity index (χ1) is 42.6. The summed E-state index contributed by atoms with van der Waals surface area (Å²) < 4.78 is 22.8. The molecule has 9 nitrogen and oxygen atoms in total. The van der Waals surface area contributed by atoms with Gasteiger partial charge in [0.15, 0.2) is 12.4 Å². The van der Waals surface area contributed by atoms with E-state index in [0.29, 0.717) is 23.9 Å². The average Bonchev–Trinajstić information content (AvgIpc) is 3.56. The lowest BCUT2D eigenvalue weighted by molar-refractivity contribution is -0.870. The zero-order chi connectivity index (χ0) is 63.3. The van der Waals surface area contributed by atoms with Gasteiger partial charge in [0.05, 0.1) is 40.3 Å². The molecule has 0 aliphatic carbocycles. The van der Waals surface area contributed by atoms with Gasteiger partial charge in [-0.1, -0.05) is 317 Å². The Bertz CT molecular complexity index is 1700. The van der Waals surface area contributed by atoms with Crippen LogP contribution in [-0.2, 0) is 33.3 Å². The van der Waals surface area contributed by atoms with Gasteiger partial charge in [0.1, 0.15) is 13.2 Å². The number of carboxylic acid groups (broad SMARTS) is 1. The fourth-order valence-electron chi connectivity index (χ4n) is 10.5. The van der Waals surface area contributed by atoms with Crippen molar-refractivity contribution in [1.29, 1.82) is 0 Å². The molecule has 0 aromatic carbocycles. The van der Waals surface area contributed by atoms with Crippen LogP contribution in [0.5, 0.6) is 0 Å². The predicted octanol–water partition coefficient (Wildman–Crippen LogP) is 21.7. The molecule has 0 aromatic heterocycles. The van der Waals surface area contributed by atoms with E-state index in [1.54, 1.807) is 0 Å². The van der Waals surface area contributed by atoms with Crippen molar-refractivity contribution in [3.63, 3.8) is 0 Å². The molecule has 0 saturated heterocycles. The number of rotatable bonds is 68. The van der Waals surface area contributed by atoms with Crippen molar-refractivity contribution in [1.82, 2.24) is 0 Å². The summed E-state index contributed by atoms with van der Waals surface area (Å²) in [6, 6.07) is 0. The van der Waals surface area contributed by atoms with Crippen molar-refractivity contribution in [2.24, 2.45) is 0 Å². The monoisotopic (exact) mass is 1220 g/mol. The van der Waals surface area contributed by atoms with E-state index in [4.69, 9.17) is 18.9 Å². The SMILES string of the molecule is CC/C=C\C/C=C\C/C=C\C/C=C\CCCCCCCCCCCCCCCCCCCCC(=O)OC(COC(=O)CCCCCCCCCCCCCCCCCC/C=C\C/C=C\C/C=C\CCCCCCC)COC(OCC[N+](C)(C)C)C(=O)[O-]. The van der Waals surface area contributed by atoms with Gasteiger partial charge in [0.25, 0.3) is 0 Å². The molecule has 2 unspecified atom stereocenters. The molecule has 0 saturated carbocycles. The molecule has 504 valence electrons. The Balaban J connectivity index is 4.06. The van der Waals surface area contributed by atoms with Crippen molar-refractivity contribution < 1.29 is 42.9 Å². The van der Waals surface area contributed by atoms with Crippen LogP contribution in [0.1, 0.15) is 335 Å². The molecule has 0 rings (SSSR count). The van der Waals surface area contributed by atoms with Gasteiger partial charge in [0, 0.05) is 12.8 Å². The second kappa shape index (κ2) is 68.4. The van der Waals surface area contributed by atoms with Crippen LogP contribution in [0.15, 0.2) is 85.1 Å². The van der Waals surface area contributed by atoms with Gasteiger partial charge in [-0.2, -0.15) is 0 Å². The lowest BCUT2D eigenvalue weighted by atomic mass is 10.0. The van der Waals surface area contributed by atoms with Gasteiger partial charge in [-0.05, 0) is 89.9 Å². The van der Waals surface area contributed by atoms with Gasteiger partial charge in [-0.3, -0.25) is 9.59 Å². The number of allylic oxidation sites excluding steroid dienone is 14. The molecule has 2 atom stereocenters. The summed E-state index contributed by atoms with van der Waals surface area (Å²) in [5.41, 5.74) is 0. The number of aliphatic carboxylic acids is 1. The molecule has 0 N–H and O–H groups in total. The molecular weight excluding hydrogens is 1080 g/mol. The number of carbonyl (C=O) groups is 3. The predicted molar refractivity (Wildman–Crippen MR) is 371 cm³/mol. The third-order valence-corrected chi connectivity index (χ3v) is 16.1. The van der Waals surface area contributed by atoms with Crippen molar-refractivity contribution >= 4 is 17.9 Å². The highest BCUT2D eigenvalue weighted by molar-refractivity contribution is 5.70. The van der Waals surface area contributed by atoms with E-state index in [0.717, 1.165) is 70.6 Å². The molecule has 87 heavy (non-hydrogen) atoms. The second-order valence-corrected chi connectivity index (χ2v) is 25.9. The Hall–Kier alpha value is -3.53. The number of hydrogen-bond acceptors (Lipinski definition) is 8. The van der Waals surface area contributed by atoms with E-state index < -0.39 is 24.3 Å². The van der Waals surface area contributed by atoms with Crippen LogP contribution in [-0.4, -0.2) is 82.3 Å². The molecule has 0 aliphatic heterocycles. The zero-order valence-corrected chi connectivity index (χ0v) is 57.6. The number of carbonyl (C=O) groups excluding carboxylic acids is 3. The third-order valence-electron chi connectivity index (χ3n) is 16.1. The van der Waals surface area contributed by atoms with Crippen molar-refractivity contribution in [3.05, 3.63) is 85.1 Å². The molecule has 0 heterocycles. The number of quaternary nitrogens is 1. The molecular formula is C78H139NO8. The van der Waals surface area contributed by atoms with E-state index in [2.05, 4.69) is 98.9 Å². The molecule has 0 fully saturated rings. The first kappa shape index (κ1) is 83.5. The topological polar surface area (TPSA) is 111 Å². The molecule has 0 aliphatic rings. The Labute approximate surface area is 538 Å². The highest BCUT2D eigenvalue weighted by Gasteiger charge is 2.22. The van der Waals surface area contributed by atoms with Crippen LogP contribution < -0.4 is 5.11 Å². The molecule has 0 amide bonds. The summed E-state index contributed by atoms with van der Waals surface area (Å²) in [6.45, 7) is 4.67. The van der Waals surface area contributed by atoms with Crippen molar-refractivity contribution in [2.75, 3.05) is 47.5 Å². The summed E-state index contributed by atoms with van der Waals surface area (Å²) in [4.78, 5) is 37.5. The summed E-state index contributed by atoms with van der Waals surface area (Å²) in [5.74, 6) is -2.27. The maximum Gasteiger partial charge on any atom is 0.306 e. The van der Waals surface area contributed by atoms with E-state index in [9.17, 15) is 19.5 Å². The maximum atomic E-state index is 12.9. The van der Waals surface area contributed by atoms with E-state index in [1.165, 1.54) is 231 Å². The van der Waals surface area contributed by atoms with Crippen molar-refractivity contribution in [2.45, 2.75) is 347 Å². The van der Waals surface area contributed by atoms with Gasteiger partial charge < -0.3 is 33.3 Å². The molecule has 0 aromatic rings. The molecule has 0 radical (unpaired) electrons. The van der Waals surface area contributed by atoms with E-state index in [-0.39, 0.29) is 32.2 Å². The third kappa shape index (κ3) is 69.8. The van der Waals surface area contributed by atoms with Gasteiger partial charge in [-0.15, -0.1) is 0 Å². The van der Waals surface area contributed by atoms with Gasteiger partial charge >= 0.3 is 11.9 Å². The minimum atomic E-state index is -1.62. The number of unbranched alkanes of at least 4 members (excludes halogenated alkanes) is 39. The first-order valence-corrected chi connectivity index (χ1v) is 36.7. The van der Waals surface area contributed by atoms with Crippen LogP contribution in [0, 0.1) is 0 Å². The number of carboxylic acids is 1. The van der Waals surface area contributed by atoms with Crippen molar-refractivity contribution in [3.8, 4) is 0 Å². The Morgan fingerprint density at radius 1 is 0.356 bits per heavy atom. The highest BCUT2D eigenvalue weighted by Crippen LogP contribution is 2.18. The summed E-state index contributed by atoms with van der Waals surface area (Å²) in [6.07, 6.45) is 89.6. The Kier molecular flexibility index (Phi) is 65.6. The molecule has 0 spiro atoms. The Morgan fingerprint density at radius 2 is 0.655 bits per heavy atom. The zero-order valence-electron chi connectivity index (χ0n) is 57.6. The second-order valence-electron chi connectivity index (χ2n) is 25.9. The maximum absolute atomic E-state index is 12.9. The van der Waals surface area contributed by atoms with Crippen LogP contribution >= 0.6 is 0 Å². The number of esters is 2. The summed E-state index contributed by atoms with van der Waals surface area (Å²) >= 11 is 0. The fourth-order valence-corrected chi connectivity index (χ4v) is 10.5. The van der Waals surface area contributed by atoms with E-state index >= 15 is 0 Å². The molecule has 0 bridgehead atoms. The number of hydrogen-bond donors (Lipinski definition) is 0. The lowest BCUT2D eigenvalue weighted by Gasteiger charge is -2.26. The van der Waals surface area contributed by atoms with Gasteiger partial charge in [0.2, 0.25) is 0 Å². The van der Waals surface area contributed by atoms with Crippen LogP contribution in [0.4, 0.5) is 0 Å². The first-order valence-electron chi connectivity index (χ1n) is 36.7. The number of nitrogens with zero attached hydrogens (tertiary/aromatic N) is 1.